The maximum absolute atomic E-state index is 5.13. The monoisotopic (exact) mass is 202 g/mol. The summed E-state index contributed by atoms with van der Waals surface area (Å²) in [5.41, 5.74) is 0. The third-order valence-electron chi connectivity index (χ3n) is 0.839. The predicted molar refractivity (Wildman–Crippen MR) is 28.7 cm³/mol. The van der Waals surface area contributed by atoms with Gasteiger partial charge in [0, 0.05) is 46.6 Å². The van der Waals surface area contributed by atoms with E-state index in [1.54, 1.807) is 0 Å². The molecule has 3 heteroatoms. The van der Waals surface area contributed by atoms with Gasteiger partial charge in [-0.05, 0) is 12.7 Å². The quantitative estimate of drug-likeness (QED) is 0.553. The first kappa shape index (κ1) is 9.44. The molecule has 0 aromatic rings. The molecule has 1 aliphatic heterocycles. The Bertz CT molecular complexity index is 129. The maximum Gasteiger partial charge on any atom is 0.207 e. The van der Waals surface area contributed by atoms with E-state index in [1.165, 1.54) is 0 Å². The van der Waals surface area contributed by atoms with E-state index in [1.807, 2.05) is 20.8 Å². The zero-order valence-corrected chi connectivity index (χ0v) is 8.73. The molecule has 49 valence electrons. The van der Waals surface area contributed by atoms with Crippen molar-refractivity contribution in [2.24, 2.45) is 0 Å². The molecule has 0 saturated carbocycles. The SMILES string of the molecule is CC1=[C-]OC(C)(C)O1.[Y]. The van der Waals surface area contributed by atoms with Crippen LogP contribution in [0.4, 0.5) is 0 Å². The molecule has 0 aromatic carbocycles. The van der Waals surface area contributed by atoms with E-state index in [0.29, 0.717) is 0 Å². The summed E-state index contributed by atoms with van der Waals surface area (Å²) < 4.78 is 10.1. The molecule has 0 fully saturated rings. The Labute approximate surface area is 80.5 Å². The molecular formula is C6H9O2Y-. The molecule has 0 unspecified atom stereocenters. The third-order valence-corrected chi connectivity index (χ3v) is 0.839. The van der Waals surface area contributed by atoms with E-state index < -0.39 is 5.79 Å². The fourth-order valence-electron chi connectivity index (χ4n) is 0.605. The molecule has 0 amide bonds. The van der Waals surface area contributed by atoms with Gasteiger partial charge in [-0.25, -0.2) is 0 Å². The number of rotatable bonds is 0. The molecule has 0 spiro atoms. The normalized spacial score (nSPS) is 21.0. The van der Waals surface area contributed by atoms with Crippen molar-refractivity contribution in [3.05, 3.63) is 12.0 Å². The van der Waals surface area contributed by atoms with Crippen molar-refractivity contribution in [2.45, 2.75) is 26.6 Å². The summed E-state index contributed by atoms with van der Waals surface area (Å²) in [7, 11) is 0. The molecule has 0 atom stereocenters. The van der Waals surface area contributed by atoms with Crippen molar-refractivity contribution in [1.82, 2.24) is 0 Å². The molecule has 1 heterocycles. The predicted octanol–water partition coefficient (Wildman–Crippen LogP) is 1.43. The summed E-state index contributed by atoms with van der Waals surface area (Å²) in [6.07, 6.45) is 2.60. The zero-order valence-electron chi connectivity index (χ0n) is 5.89. The second-order valence-corrected chi connectivity index (χ2v) is 2.26. The van der Waals surface area contributed by atoms with E-state index >= 15 is 0 Å². The average Bonchev–Trinajstić information content (AvgIpc) is 1.82. The Morgan fingerprint density at radius 2 is 2.00 bits per heavy atom. The van der Waals surface area contributed by atoms with Gasteiger partial charge in [-0.3, -0.25) is 6.26 Å². The van der Waals surface area contributed by atoms with Crippen LogP contribution in [-0.2, 0) is 42.2 Å². The Hall–Kier alpha value is 0.444. The van der Waals surface area contributed by atoms with Crippen LogP contribution in [0.5, 0.6) is 0 Å². The molecular weight excluding hydrogens is 193 g/mol. The smallest absolute Gasteiger partial charge is 0.207 e. The minimum absolute atomic E-state index is 0. The van der Waals surface area contributed by atoms with E-state index in [0.717, 1.165) is 5.76 Å². The van der Waals surface area contributed by atoms with Crippen LogP contribution in [0.2, 0.25) is 0 Å². The standard InChI is InChI=1S/C6H9O2.Y/c1-5-4-7-6(2,3)8-5;/h1-3H3;/q-1;. The second-order valence-electron chi connectivity index (χ2n) is 2.26. The van der Waals surface area contributed by atoms with Crippen molar-refractivity contribution in [1.29, 1.82) is 0 Å². The van der Waals surface area contributed by atoms with Crippen molar-refractivity contribution < 1.29 is 42.2 Å². The molecule has 1 rings (SSSR count). The van der Waals surface area contributed by atoms with E-state index in [4.69, 9.17) is 9.47 Å². The molecule has 0 bridgehead atoms. The van der Waals surface area contributed by atoms with Crippen LogP contribution in [0.15, 0.2) is 5.76 Å². The molecule has 1 aliphatic rings. The summed E-state index contributed by atoms with van der Waals surface area (Å²) >= 11 is 0. The molecule has 2 nitrogen and oxygen atoms in total. The minimum Gasteiger partial charge on any atom is -0.659 e. The van der Waals surface area contributed by atoms with Gasteiger partial charge in [0.2, 0.25) is 5.79 Å². The van der Waals surface area contributed by atoms with Gasteiger partial charge in [0.15, 0.2) is 0 Å². The van der Waals surface area contributed by atoms with Crippen molar-refractivity contribution in [3.63, 3.8) is 0 Å². The Morgan fingerprint density at radius 3 is 2.11 bits per heavy atom. The Morgan fingerprint density at radius 1 is 1.44 bits per heavy atom. The van der Waals surface area contributed by atoms with Gasteiger partial charge in [-0.1, -0.05) is 0 Å². The Kier molecular flexibility index (Phi) is 3.17. The molecule has 0 N–H and O–H groups in total. The summed E-state index contributed by atoms with van der Waals surface area (Å²) in [4.78, 5) is 0. The van der Waals surface area contributed by atoms with Crippen LogP contribution in [-0.4, -0.2) is 5.79 Å². The fourth-order valence-corrected chi connectivity index (χ4v) is 0.605. The first-order chi connectivity index (χ1) is 3.60. The van der Waals surface area contributed by atoms with Crippen LogP contribution in [0.25, 0.3) is 0 Å². The van der Waals surface area contributed by atoms with E-state index in [9.17, 15) is 0 Å². The van der Waals surface area contributed by atoms with Gasteiger partial charge in [0.05, 0.1) is 0 Å². The fraction of sp³-hybridized carbons (Fsp3) is 0.667. The van der Waals surface area contributed by atoms with E-state index in [-0.39, 0.29) is 32.7 Å². The molecule has 0 saturated heterocycles. The summed E-state index contributed by atoms with van der Waals surface area (Å²) in [5.74, 6) is 0.236. The van der Waals surface area contributed by atoms with Crippen LogP contribution in [0, 0.1) is 6.26 Å². The van der Waals surface area contributed by atoms with Crippen LogP contribution < -0.4 is 0 Å². The first-order valence-corrected chi connectivity index (χ1v) is 2.57. The Balaban J connectivity index is 0.000000640. The van der Waals surface area contributed by atoms with E-state index in [2.05, 4.69) is 6.26 Å². The van der Waals surface area contributed by atoms with Crippen molar-refractivity contribution in [3.8, 4) is 0 Å². The second kappa shape index (κ2) is 3.02. The minimum atomic E-state index is -0.482. The van der Waals surface area contributed by atoms with Gasteiger partial charge in [0.1, 0.15) is 0 Å². The maximum atomic E-state index is 5.13. The zero-order chi connectivity index (χ0) is 6.20. The molecule has 0 aromatic heterocycles. The first-order valence-electron chi connectivity index (χ1n) is 2.57. The van der Waals surface area contributed by atoms with Gasteiger partial charge in [0.25, 0.3) is 0 Å². The third kappa shape index (κ3) is 2.68. The largest absolute Gasteiger partial charge is 0.659 e. The van der Waals surface area contributed by atoms with Gasteiger partial charge in [-0.15, -0.1) is 0 Å². The number of allylic oxidation sites excluding steroid dienone is 1. The van der Waals surface area contributed by atoms with Crippen LogP contribution in [0.1, 0.15) is 20.8 Å². The van der Waals surface area contributed by atoms with Crippen LogP contribution >= 0.6 is 0 Å². The molecule has 1 radical (unpaired) electrons. The van der Waals surface area contributed by atoms with Crippen molar-refractivity contribution in [2.75, 3.05) is 0 Å². The van der Waals surface area contributed by atoms with Gasteiger partial charge < -0.3 is 9.47 Å². The number of ether oxygens (including phenoxy) is 2. The average molecular weight is 202 g/mol. The molecule has 9 heavy (non-hydrogen) atoms. The van der Waals surface area contributed by atoms with Crippen molar-refractivity contribution >= 4 is 0 Å². The summed E-state index contributed by atoms with van der Waals surface area (Å²) in [5, 5.41) is 0. The van der Waals surface area contributed by atoms with Gasteiger partial charge in [-0.2, -0.15) is 0 Å². The van der Waals surface area contributed by atoms with Gasteiger partial charge >= 0.3 is 0 Å². The summed E-state index contributed by atoms with van der Waals surface area (Å²) in [6, 6.07) is 0. The van der Waals surface area contributed by atoms with Crippen LogP contribution in [0.3, 0.4) is 0 Å². The molecule has 0 aliphatic carbocycles. The number of hydrogen-bond donors (Lipinski definition) is 0. The topological polar surface area (TPSA) is 18.5 Å². The number of hydrogen-bond acceptors (Lipinski definition) is 2. The summed E-state index contributed by atoms with van der Waals surface area (Å²) in [6.45, 7) is 5.50.